The van der Waals surface area contributed by atoms with Crippen molar-refractivity contribution in [3.05, 3.63) is 15.6 Å². The van der Waals surface area contributed by atoms with Crippen LogP contribution in [-0.4, -0.2) is 23.7 Å². The third-order valence-corrected chi connectivity index (χ3v) is 5.88. The van der Waals surface area contributed by atoms with Gasteiger partial charge in [0, 0.05) is 17.9 Å². The number of fused-ring (bicyclic) bond motifs is 1. The first-order chi connectivity index (χ1) is 9.55. The van der Waals surface area contributed by atoms with Crippen LogP contribution in [-0.2, 0) is 23.1 Å². The van der Waals surface area contributed by atoms with Gasteiger partial charge in [-0.2, -0.15) is 0 Å². The van der Waals surface area contributed by atoms with Crippen LogP contribution >= 0.6 is 11.3 Å². The van der Waals surface area contributed by atoms with Crippen molar-refractivity contribution >= 4 is 11.3 Å². The molecule has 1 aliphatic carbocycles. The summed E-state index contributed by atoms with van der Waals surface area (Å²) in [6.07, 6.45) is 7.09. The first-order valence-electron chi connectivity index (χ1n) is 7.93. The smallest absolute Gasteiger partial charge is 0.113 e. The number of hydrogen-bond acceptors (Lipinski definition) is 4. The number of aryl methyl sites for hydroxylation is 2. The fraction of sp³-hybridized carbons (Fsp3) is 0.812. The van der Waals surface area contributed by atoms with Gasteiger partial charge >= 0.3 is 0 Å². The summed E-state index contributed by atoms with van der Waals surface area (Å²) in [6.45, 7) is 8.40. The molecule has 3 nitrogen and oxygen atoms in total. The molecule has 112 valence electrons. The van der Waals surface area contributed by atoms with E-state index in [9.17, 15) is 0 Å². The van der Waals surface area contributed by atoms with Gasteiger partial charge in [-0.05, 0) is 52.5 Å². The summed E-state index contributed by atoms with van der Waals surface area (Å²) >= 11 is 1.95. The Bertz CT molecular complexity index is 455. The molecule has 0 radical (unpaired) electrons. The molecule has 0 spiro atoms. The van der Waals surface area contributed by atoms with E-state index in [-0.39, 0.29) is 11.1 Å². The molecule has 0 saturated carbocycles. The SMILES string of the molecule is CCNC1(c2nc3c(s2)CCCC3)CCOC(C)(C)C1. The first-order valence-corrected chi connectivity index (χ1v) is 8.74. The molecule has 1 aliphatic heterocycles. The zero-order chi connectivity index (χ0) is 14.2. The van der Waals surface area contributed by atoms with Gasteiger partial charge in [0.1, 0.15) is 5.01 Å². The van der Waals surface area contributed by atoms with Crippen molar-refractivity contribution in [2.75, 3.05) is 13.2 Å². The van der Waals surface area contributed by atoms with Crippen LogP contribution in [0, 0.1) is 0 Å². The number of hydrogen-bond donors (Lipinski definition) is 1. The van der Waals surface area contributed by atoms with Gasteiger partial charge < -0.3 is 10.1 Å². The Balaban J connectivity index is 1.95. The van der Waals surface area contributed by atoms with E-state index in [0.717, 1.165) is 26.0 Å². The van der Waals surface area contributed by atoms with Crippen molar-refractivity contribution in [1.82, 2.24) is 10.3 Å². The summed E-state index contributed by atoms with van der Waals surface area (Å²) in [5.41, 5.74) is 1.34. The minimum Gasteiger partial charge on any atom is -0.375 e. The maximum absolute atomic E-state index is 5.93. The van der Waals surface area contributed by atoms with Crippen molar-refractivity contribution in [2.45, 2.75) is 70.4 Å². The summed E-state index contributed by atoms with van der Waals surface area (Å²) in [4.78, 5) is 6.57. The second-order valence-corrected chi connectivity index (χ2v) is 7.83. The van der Waals surface area contributed by atoms with Crippen molar-refractivity contribution in [1.29, 1.82) is 0 Å². The fourth-order valence-electron chi connectivity index (χ4n) is 3.67. The lowest BCUT2D eigenvalue weighted by atomic mass is 9.81. The Kier molecular flexibility index (Phi) is 3.91. The molecular weight excluding hydrogens is 268 g/mol. The highest BCUT2D eigenvalue weighted by molar-refractivity contribution is 7.11. The molecule has 1 aromatic rings. The molecule has 1 aromatic heterocycles. The van der Waals surface area contributed by atoms with Gasteiger partial charge in [0.25, 0.3) is 0 Å². The van der Waals surface area contributed by atoms with Crippen LogP contribution in [0.15, 0.2) is 0 Å². The van der Waals surface area contributed by atoms with E-state index in [2.05, 4.69) is 26.1 Å². The molecule has 0 aromatic carbocycles. The molecule has 1 fully saturated rings. The van der Waals surface area contributed by atoms with Crippen LogP contribution in [0.1, 0.15) is 62.0 Å². The van der Waals surface area contributed by atoms with Crippen LogP contribution in [0.3, 0.4) is 0 Å². The van der Waals surface area contributed by atoms with Gasteiger partial charge in [0.2, 0.25) is 0 Å². The van der Waals surface area contributed by atoms with Crippen molar-refractivity contribution in [3.63, 3.8) is 0 Å². The van der Waals surface area contributed by atoms with E-state index >= 15 is 0 Å². The maximum atomic E-state index is 5.93. The van der Waals surface area contributed by atoms with Gasteiger partial charge in [-0.15, -0.1) is 11.3 Å². The van der Waals surface area contributed by atoms with Crippen LogP contribution < -0.4 is 5.32 Å². The van der Waals surface area contributed by atoms with Crippen molar-refractivity contribution < 1.29 is 4.74 Å². The van der Waals surface area contributed by atoms with Gasteiger partial charge in [0.05, 0.1) is 16.8 Å². The molecule has 3 rings (SSSR count). The third-order valence-electron chi connectivity index (χ3n) is 4.52. The molecule has 1 saturated heterocycles. The fourth-order valence-corrected chi connectivity index (χ4v) is 5.01. The Morgan fingerprint density at radius 2 is 2.10 bits per heavy atom. The molecular formula is C16H26N2OS. The summed E-state index contributed by atoms with van der Waals surface area (Å²) < 4.78 is 5.93. The molecule has 1 atom stereocenters. The highest BCUT2D eigenvalue weighted by atomic mass is 32.1. The number of thiazole rings is 1. The first kappa shape index (κ1) is 14.5. The van der Waals surface area contributed by atoms with Crippen LogP contribution in [0.4, 0.5) is 0 Å². The minimum atomic E-state index is -0.0629. The Hall–Kier alpha value is -0.450. The average molecular weight is 294 g/mol. The van der Waals surface area contributed by atoms with E-state index < -0.39 is 0 Å². The van der Waals surface area contributed by atoms with Gasteiger partial charge in [-0.3, -0.25) is 0 Å². The highest BCUT2D eigenvalue weighted by Crippen LogP contribution is 2.42. The number of nitrogens with zero attached hydrogens (tertiary/aromatic N) is 1. The van der Waals surface area contributed by atoms with E-state index in [4.69, 9.17) is 9.72 Å². The van der Waals surface area contributed by atoms with Crippen molar-refractivity contribution in [2.24, 2.45) is 0 Å². The van der Waals surface area contributed by atoms with E-state index in [1.54, 1.807) is 0 Å². The normalized spacial score (nSPS) is 29.1. The average Bonchev–Trinajstić information content (AvgIpc) is 2.82. The predicted molar refractivity (Wildman–Crippen MR) is 83.4 cm³/mol. The second kappa shape index (κ2) is 5.39. The lowest BCUT2D eigenvalue weighted by Gasteiger charge is -2.44. The lowest BCUT2D eigenvalue weighted by Crippen LogP contribution is -2.52. The highest BCUT2D eigenvalue weighted by Gasteiger charge is 2.44. The molecule has 2 heterocycles. The number of aromatic nitrogens is 1. The number of rotatable bonds is 3. The number of nitrogens with one attached hydrogen (secondary N) is 1. The Morgan fingerprint density at radius 1 is 1.30 bits per heavy atom. The standard InChI is InChI=1S/C16H26N2OS/c1-4-17-16(9-10-19-15(2,3)11-16)14-18-12-7-5-6-8-13(12)20-14/h17H,4-11H2,1-3H3. The Labute approximate surface area is 126 Å². The summed E-state index contributed by atoms with van der Waals surface area (Å²) in [7, 11) is 0. The van der Waals surface area contributed by atoms with Crippen LogP contribution in [0.25, 0.3) is 0 Å². The topological polar surface area (TPSA) is 34.2 Å². The Morgan fingerprint density at radius 3 is 2.80 bits per heavy atom. The zero-order valence-electron chi connectivity index (χ0n) is 12.9. The summed E-state index contributed by atoms with van der Waals surface area (Å²) in [5, 5.41) is 5.05. The summed E-state index contributed by atoms with van der Waals surface area (Å²) in [5.74, 6) is 0. The zero-order valence-corrected chi connectivity index (χ0v) is 13.7. The van der Waals surface area contributed by atoms with Gasteiger partial charge in [-0.25, -0.2) is 4.98 Å². The molecule has 2 aliphatic rings. The molecule has 1 unspecified atom stereocenters. The third kappa shape index (κ3) is 2.66. The van der Waals surface area contributed by atoms with E-state index in [0.29, 0.717) is 0 Å². The molecule has 1 N–H and O–H groups in total. The molecule has 4 heteroatoms. The molecule has 0 bridgehead atoms. The minimum absolute atomic E-state index is 0.0263. The molecule has 20 heavy (non-hydrogen) atoms. The quantitative estimate of drug-likeness (QED) is 0.927. The van der Waals surface area contributed by atoms with Crippen LogP contribution in [0.2, 0.25) is 0 Å². The number of ether oxygens (including phenoxy) is 1. The largest absolute Gasteiger partial charge is 0.375 e. The van der Waals surface area contributed by atoms with Gasteiger partial charge in [0.15, 0.2) is 0 Å². The predicted octanol–water partition coefficient (Wildman–Crippen LogP) is 3.42. The lowest BCUT2D eigenvalue weighted by molar-refractivity contribution is -0.0895. The van der Waals surface area contributed by atoms with Gasteiger partial charge in [-0.1, -0.05) is 6.92 Å². The molecule has 0 amide bonds. The van der Waals surface area contributed by atoms with E-state index in [1.807, 2.05) is 11.3 Å². The van der Waals surface area contributed by atoms with E-state index in [1.165, 1.54) is 41.3 Å². The second-order valence-electron chi connectivity index (χ2n) is 6.74. The van der Waals surface area contributed by atoms with Crippen LogP contribution in [0.5, 0.6) is 0 Å². The van der Waals surface area contributed by atoms with Crippen molar-refractivity contribution in [3.8, 4) is 0 Å². The monoisotopic (exact) mass is 294 g/mol. The maximum Gasteiger partial charge on any atom is 0.113 e. The summed E-state index contributed by atoms with van der Waals surface area (Å²) in [6, 6.07) is 0.